The Bertz CT molecular complexity index is 881. The highest BCUT2D eigenvalue weighted by molar-refractivity contribution is 6.30. The number of rotatable bonds is 5. The Labute approximate surface area is 144 Å². The molecule has 1 N–H and O–H groups in total. The summed E-state index contributed by atoms with van der Waals surface area (Å²) in [6.45, 7) is 3.85. The average molecular weight is 345 g/mol. The first-order valence-electron chi connectivity index (χ1n) is 7.53. The van der Waals surface area contributed by atoms with Crippen LogP contribution < -0.4 is 5.56 Å². The fraction of sp³-hybridized carbons (Fsp3) is 0.294. The van der Waals surface area contributed by atoms with Crippen molar-refractivity contribution in [1.82, 2.24) is 4.57 Å². The molecular weight excluding hydrogens is 328 g/mol. The van der Waals surface area contributed by atoms with Crippen LogP contribution in [0.1, 0.15) is 30.9 Å². The average Bonchev–Trinajstić information content (AvgIpc) is 2.55. The van der Waals surface area contributed by atoms with Gasteiger partial charge in [-0.3, -0.25) is 9.36 Å². The van der Waals surface area contributed by atoms with Crippen molar-refractivity contribution in [3.8, 4) is 11.9 Å². The first kappa shape index (κ1) is 17.7. The Hall–Kier alpha value is -2.65. The third kappa shape index (κ3) is 3.63. The quantitative estimate of drug-likeness (QED) is 0.803. The molecule has 0 unspecified atom stereocenters. The Balaban J connectivity index is 2.57. The number of hydrogen-bond donors (Lipinski definition) is 1. The molecule has 1 aromatic carbocycles. The van der Waals surface area contributed by atoms with E-state index in [4.69, 9.17) is 11.6 Å². The van der Waals surface area contributed by atoms with Crippen molar-refractivity contribution in [1.29, 1.82) is 5.26 Å². The molecule has 0 atom stereocenters. The first-order chi connectivity index (χ1) is 11.5. The van der Waals surface area contributed by atoms with Crippen LogP contribution in [-0.4, -0.2) is 9.67 Å². The number of nitrogens with zero attached hydrogens (tertiary/aromatic N) is 4. The third-order valence-electron chi connectivity index (χ3n) is 3.58. The summed E-state index contributed by atoms with van der Waals surface area (Å²) in [6, 6.07) is 8.66. The van der Waals surface area contributed by atoms with Gasteiger partial charge in [-0.1, -0.05) is 31.0 Å². The van der Waals surface area contributed by atoms with Crippen LogP contribution >= 0.6 is 11.6 Å². The molecule has 1 aromatic heterocycles. The van der Waals surface area contributed by atoms with Crippen molar-refractivity contribution in [2.75, 3.05) is 0 Å². The molecule has 0 saturated heterocycles. The Morgan fingerprint density at radius 3 is 2.75 bits per heavy atom. The van der Waals surface area contributed by atoms with Gasteiger partial charge in [0.15, 0.2) is 5.69 Å². The predicted octanol–water partition coefficient (Wildman–Crippen LogP) is 4.60. The molecule has 0 radical (unpaired) electrons. The van der Waals surface area contributed by atoms with Crippen LogP contribution in [0.5, 0.6) is 5.88 Å². The molecule has 0 saturated carbocycles. The van der Waals surface area contributed by atoms with E-state index in [9.17, 15) is 15.2 Å². The summed E-state index contributed by atoms with van der Waals surface area (Å²) in [6.07, 6.45) is 1.55. The number of aromatic nitrogens is 1. The second-order valence-electron chi connectivity index (χ2n) is 5.27. The van der Waals surface area contributed by atoms with Crippen LogP contribution in [0, 0.1) is 18.3 Å². The first-order valence-corrected chi connectivity index (χ1v) is 7.91. The van der Waals surface area contributed by atoms with Crippen molar-refractivity contribution in [3.63, 3.8) is 0 Å². The maximum atomic E-state index is 12.6. The summed E-state index contributed by atoms with van der Waals surface area (Å²) in [5, 5.41) is 28.0. The zero-order chi connectivity index (χ0) is 17.7. The Morgan fingerprint density at radius 1 is 1.38 bits per heavy atom. The lowest BCUT2D eigenvalue weighted by Crippen LogP contribution is -2.22. The highest BCUT2D eigenvalue weighted by Gasteiger charge is 2.18. The molecule has 0 fully saturated rings. The van der Waals surface area contributed by atoms with E-state index >= 15 is 0 Å². The van der Waals surface area contributed by atoms with Crippen LogP contribution in [0.4, 0.5) is 11.4 Å². The predicted molar refractivity (Wildman–Crippen MR) is 92.4 cm³/mol. The zero-order valence-electron chi connectivity index (χ0n) is 13.5. The highest BCUT2D eigenvalue weighted by Crippen LogP contribution is 2.27. The molecule has 2 aromatic rings. The summed E-state index contributed by atoms with van der Waals surface area (Å²) in [7, 11) is 0. The fourth-order valence-electron chi connectivity index (χ4n) is 2.23. The molecule has 6 nitrogen and oxygen atoms in total. The van der Waals surface area contributed by atoms with Crippen molar-refractivity contribution < 1.29 is 5.11 Å². The van der Waals surface area contributed by atoms with Crippen molar-refractivity contribution in [3.05, 3.63) is 50.8 Å². The van der Waals surface area contributed by atoms with Gasteiger partial charge < -0.3 is 5.11 Å². The second kappa shape index (κ2) is 7.75. The van der Waals surface area contributed by atoms with Crippen LogP contribution in [-0.2, 0) is 6.54 Å². The van der Waals surface area contributed by atoms with E-state index < -0.39 is 5.56 Å². The maximum absolute atomic E-state index is 12.6. The van der Waals surface area contributed by atoms with Gasteiger partial charge in [0.25, 0.3) is 5.56 Å². The zero-order valence-corrected chi connectivity index (χ0v) is 14.2. The summed E-state index contributed by atoms with van der Waals surface area (Å²) in [4.78, 5) is 12.6. The lowest BCUT2D eigenvalue weighted by molar-refractivity contribution is 0.399. The standard InChI is InChI=1S/C17H17ClN4O2/c1-3-4-8-22-16(23)14(10-19)11(2)15(17(22)24)21-20-13-7-5-6-12(18)9-13/h5-7,9,23H,3-4,8H2,1-2H3. The van der Waals surface area contributed by atoms with Gasteiger partial charge in [0.05, 0.1) is 5.69 Å². The molecule has 0 aliphatic rings. The lowest BCUT2D eigenvalue weighted by atomic mass is 10.1. The molecule has 124 valence electrons. The van der Waals surface area contributed by atoms with Crippen LogP contribution in [0.15, 0.2) is 39.3 Å². The normalized spacial score (nSPS) is 10.9. The molecule has 0 bridgehead atoms. The Morgan fingerprint density at radius 2 is 2.12 bits per heavy atom. The minimum Gasteiger partial charge on any atom is -0.493 e. The second-order valence-corrected chi connectivity index (χ2v) is 5.71. The molecular formula is C17H17ClN4O2. The summed E-state index contributed by atoms with van der Waals surface area (Å²) >= 11 is 5.90. The van der Waals surface area contributed by atoms with Gasteiger partial charge in [0.2, 0.25) is 5.88 Å². The minimum atomic E-state index is -0.469. The van der Waals surface area contributed by atoms with Crippen LogP contribution in [0.3, 0.4) is 0 Å². The Kier molecular flexibility index (Phi) is 5.72. The number of azo groups is 1. The SMILES string of the molecule is CCCCn1c(O)c(C#N)c(C)c(N=Nc2cccc(Cl)c2)c1=O. The number of benzene rings is 1. The van der Waals surface area contributed by atoms with E-state index in [0.29, 0.717) is 29.2 Å². The van der Waals surface area contributed by atoms with E-state index in [1.807, 2.05) is 13.0 Å². The molecule has 24 heavy (non-hydrogen) atoms. The highest BCUT2D eigenvalue weighted by atomic mass is 35.5. The van der Waals surface area contributed by atoms with Gasteiger partial charge in [-0.15, -0.1) is 5.11 Å². The molecule has 1 heterocycles. The van der Waals surface area contributed by atoms with Crippen molar-refractivity contribution in [2.45, 2.75) is 33.2 Å². The smallest absolute Gasteiger partial charge is 0.281 e. The van der Waals surface area contributed by atoms with Gasteiger partial charge in [-0.2, -0.15) is 10.4 Å². The molecule has 0 aliphatic heterocycles. The number of unbranched alkanes of at least 4 members (excludes halogenated alkanes) is 1. The van der Waals surface area contributed by atoms with Crippen molar-refractivity contribution >= 4 is 23.0 Å². The van der Waals surface area contributed by atoms with Gasteiger partial charge in [0.1, 0.15) is 11.6 Å². The number of pyridine rings is 1. The van der Waals surface area contributed by atoms with E-state index in [1.165, 1.54) is 4.57 Å². The number of aromatic hydroxyl groups is 1. The number of hydrogen-bond acceptors (Lipinski definition) is 5. The topological polar surface area (TPSA) is 90.7 Å². The molecule has 0 aliphatic carbocycles. The molecule has 0 spiro atoms. The third-order valence-corrected chi connectivity index (χ3v) is 3.81. The lowest BCUT2D eigenvalue weighted by Gasteiger charge is -2.12. The van der Waals surface area contributed by atoms with Gasteiger partial charge in [-0.05, 0) is 31.5 Å². The maximum Gasteiger partial charge on any atom is 0.281 e. The summed E-state index contributed by atoms with van der Waals surface area (Å²) in [5.74, 6) is -0.324. The van der Waals surface area contributed by atoms with E-state index in [1.54, 1.807) is 31.2 Å². The van der Waals surface area contributed by atoms with Crippen molar-refractivity contribution in [2.24, 2.45) is 10.2 Å². The number of nitriles is 1. The summed E-state index contributed by atoms with van der Waals surface area (Å²) < 4.78 is 1.17. The van der Waals surface area contributed by atoms with Gasteiger partial charge >= 0.3 is 0 Å². The minimum absolute atomic E-state index is 0.0331. The number of halogens is 1. The van der Waals surface area contributed by atoms with Gasteiger partial charge in [-0.25, -0.2) is 0 Å². The van der Waals surface area contributed by atoms with E-state index in [0.717, 1.165) is 6.42 Å². The molecule has 0 amide bonds. The van der Waals surface area contributed by atoms with Crippen LogP contribution in [0.25, 0.3) is 0 Å². The summed E-state index contributed by atoms with van der Waals surface area (Å²) in [5.41, 5.74) is 0.404. The fourth-order valence-corrected chi connectivity index (χ4v) is 2.41. The molecule has 7 heteroatoms. The monoisotopic (exact) mass is 344 g/mol. The van der Waals surface area contributed by atoms with E-state index in [-0.39, 0.29) is 17.1 Å². The molecule has 2 rings (SSSR count). The van der Waals surface area contributed by atoms with Crippen LogP contribution in [0.2, 0.25) is 5.02 Å². The van der Waals surface area contributed by atoms with Gasteiger partial charge in [0, 0.05) is 17.1 Å². The largest absolute Gasteiger partial charge is 0.493 e. The van der Waals surface area contributed by atoms with E-state index in [2.05, 4.69) is 10.2 Å².